The zero-order valence-electron chi connectivity index (χ0n) is 15.4. The van der Waals surface area contributed by atoms with E-state index in [1.54, 1.807) is 24.4 Å². The van der Waals surface area contributed by atoms with Crippen LogP contribution in [0.15, 0.2) is 30.0 Å². The summed E-state index contributed by atoms with van der Waals surface area (Å²) in [7, 11) is 0. The summed E-state index contributed by atoms with van der Waals surface area (Å²) in [4.78, 5) is 14.7. The summed E-state index contributed by atoms with van der Waals surface area (Å²) in [5.74, 6) is -0.530. The van der Waals surface area contributed by atoms with Crippen molar-refractivity contribution in [3.8, 4) is 6.07 Å². The van der Waals surface area contributed by atoms with E-state index in [0.717, 1.165) is 12.8 Å². The van der Waals surface area contributed by atoms with Crippen molar-refractivity contribution < 1.29 is 4.79 Å². The van der Waals surface area contributed by atoms with Gasteiger partial charge in [-0.25, -0.2) is 0 Å². The number of nitriles is 1. The van der Waals surface area contributed by atoms with Gasteiger partial charge in [-0.3, -0.25) is 4.79 Å². The molecule has 1 amide bonds. The first-order chi connectivity index (χ1) is 12.0. The summed E-state index contributed by atoms with van der Waals surface area (Å²) in [5, 5.41) is 12.8. The lowest BCUT2D eigenvalue weighted by molar-refractivity contribution is -0.112. The molecule has 0 radical (unpaired) electrons. The smallest absolute Gasteiger partial charge is 0.267 e. The monoisotopic (exact) mass is 394 g/mol. The van der Waals surface area contributed by atoms with E-state index < -0.39 is 5.91 Å². The molecule has 7 heteroatoms. The van der Waals surface area contributed by atoms with Gasteiger partial charge in [0.2, 0.25) is 0 Å². The van der Waals surface area contributed by atoms with Crippen molar-refractivity contribution in [1.82, 2.24) is 4.90 Å². The van der Waals surface area contributed by atoms with Crippen molar-refractivity contribution in [2.24, 2.45) is 5.73 Å². The van der Waals surface area contributed by atoms with E-state index in [-0.39, 0.29) is 27.7 Å². The van der Waals surface area contributed by atoms with E-state index in [1.807, 2.05) is 6.07 Å². The van der Waals surface area contributed by atoms with E-state index >= 15 is 0 Å². The van der Waals surface area contributed by atoms with E-state index in [4.69, 9.17) is 28.9 Å². The minimum absolute atomic E-state index is 0.00216. The predicted octanol–water partition coefficient (Wildman–Crippen LogP) is 4.32. The highest BCUT2D eigenvalue weighted by Crippen LogP contribution is 2.38. The number of nitrogens with two attached hydrogens (primary N) is 1. The molecule has 0 unspecified atom stereocenters. The first-order valence-electron chi connectivity index (χ1n) is 8.40. The normalized spacial score (nSPS) is 19.8. The first-order valence-corrected chi connectivity index (χ1v) is 9.16. The Kier molecular flexibility index (Phi) is 5.92. The van der Waals surface area contributed by atoms with Gasteiger partial charge in [-0.1, -0.05) is 29.3 Å². The lowest BCUT2D eigenvalue weighted by Crippen LogP contribution is -2.61. The van der Waals surface area contributed by atoms with Gasteiger partial charge in [0, 0.05) is 23.3 Å². The number of nitrogens with one attached hydrogen (secondary N) is 1. The highest BCUT2D eigenvalue weighted by molar-refractivity contribution is 6.44. The van der Waals surface area contributed by atoms with Crippen molar-refractivity contribution in [2.75, 3.05) is 5.32 Å². The van der Waals surface area contributed by atoms with Crippen LogP contribution in [0, 0.1) is 11.3 Å². The van der Waals surface area contributed by atoms with Gasteiger partial charge >= 0.3 is 0 Å². The van der Waals surface area contributed by atoms with Crippen LogP contribution in [-0.2, 0) is 4.79 Å². The third-order valence-electron chi connectivity index (χ3n) is 4.65. The van der Waals surface area contributed by atoms with Gasteiger partial charge in [-0.2, -0.15) is 5.26 Å². The van der Waals surface area contributed by atoms with E-state index in [1.165, 1.54) is 0 Å². The minimum atomic E-state index is -0.530. The number of hydrogen-bond acceptors (Lipinski definition) is 4. The number of carbonyl (C=O) groups excluding carboxylic acids is 1. The standard InChI is InChI=1S/C19H24Cl2N4O/c1-18(2)8-13(23)9-19(3,4)25(18)11-12(10-22)17(26)24-15-7-5-6-14(20)16(15)21/h5-7,11,13H,8-9,23H2,1-4H3,(H,24,26)/b12-11-. The van der Waals surface area contributed by atoms with Gasteiger partial charge in [0.25, 0.3) is 5.91 Å². The molecule has 2 rings (SSSR count). The van der Waals surface area contributed by atoms with Crippen molar-refractivity contribution in [1.29, 1.82) is 5.26 Å². The number of anilines is 1. The second-order valence-corrected chi connectivity index (χ2v) is 8.66. The highest BCUT2D eigenvalue weighted by Gasteiger charge is 2.43. The fourth-order valence-electron chi connectivity index (χ4n) is 3.78. The lowest BCUT2D eigenvalue weighted by Gasteiger charge is -2.54. The number of halogens is 2. The maximum absolute atomic E-state index is 12.6. The molecule has 5 nitrogen and oxygen atoms in total. The van der Waals surface area contributed by atoms with Crippen molar-refractivity contribution >= 4 is 34.8 Å². The second-order valence-electron chi connectivity index (χ2n) is 7.87. The lowest BCUT2D eigenvalue weighted by atomic mass is 9.77. The molecule has 1 fully saturated rings. The number of nitrogens with zero attached hydrogens (tertiary/aromatic N) is 2. The number of likely N-dealkylation sites (tertiary alicyclic amines) is 1. The Bertz CT molecular complexity index is 762. The van der Waals surface area contributed by atoms with Gasteiger partial charge in [0.1, 0.15) is 11.6 Å². The van der Waals surface area contributed by atoms with Crippen molar-refractivity contribution in [3.63, 3.8) is 0 Å². The van der Waals surface area contributed by atoms with Gasteiger partial charge in [-0.05, 0) is 52.7 Å². The number of benzene rings is 1. The van der Waals surface area contributed by atoms with Crippen LogP contribution in [0.1, 0.15) is 40.5 Å². The maximum Gasteiger partial charge on any atom is 0.267 e. The largest absolute Gasteiger partial charge is 0.366 e. The van der Waals surface area contributed by atoms with Gasteiger partial charge in [0.15, 0.2) is 0 Å². The predicted molar refractivity (Wildman–Crippen MR) is 106 cm³/mol. The van der Waals surface area contributed by atoms with Crippen LogP contribution in [0.4, 0.5) is 5.69 Å². The zero-order valence-corrected chi connectivity index (χ0v) is 16.9. The van der Waals surface area contributed by atoms with E-state index in [0.29, 0.717) is 10.7 Å². The number of piperidine rings is 1. The maximum atomic E-state index is 12.6. The second kappa shape index (κ2) is 7.48. The van der Waals surface area contributed by atoms with Crippen LogP contribution in [0.5, 0.6) is 0 Å². The summed E-state index contributed by atoms with van der Waals surface area (Å²) >= 11 is 12.1. The number of amides is 1. The minimum Gasteiger partial charge on any atom is -0.366 e. The molecule has 140 valence electrons. The third-order valence-corrected chi connectivity index (χ3v) is 5.47. The Morgan fingerprint density at radius 3 is 2.42 bits per heavy atom. The molecule has 1 aromatic carbocycles. The first kappa shape index (κ1) is 20.6. The van der Waals surface area contributed by atoms with Crippen LogP contribution in [0.3, 0.4) is 0 Å². The third kappa shape index (κ3) is 4.32. The summed E-state index contributed by atoms with van der Waals surface area (Å²) in [6, 6.07) is 7.01. The van der Waals surface area contributed by atoms with Crippen LogP contribution < -0.4 is 11.1 Å². The molecular formula is C19H24Cl2N4O. The fraction of sp³-hybridized carbons (Fsp3) is 0.474. The Hall–Kier alpha value is -1.74. The number of rotatable bonds is 3. The van der Waals surface area contributed by atoms with Crippen LogP contribution in [0.2, 0.25) is 10.0 Å². The van der Waals surface area contributed by atoms with Gasteiger partial charge in [0.05, 0.1) is 15.7 Å². The van der Waals surface area contributed by atoms with Crippen molar-refractivity contribution in [2.45, 2.75) is 57.7 Å². The van der Waals surface area contributed by atoms with E-state index in [9.17, 15) is 10.1 Å². The van der Waals surface area contributed by atoms with Crippen molar-refractivity contribution in [3.05, 3.63) is 40.0 Å². The van der Waals surface area contributed by atoms with Crippen LogP contribution in [-0.4, -0.2) is 27.9 Å². The van der Waals surface area contributed by atoms with Crippen LogP contribution >= 0.6 is 23.2 Å². The molecule has 0 saturated carbocycles. The Morgan fingerprint density at radius 1 is 1.31 bits per heavy atom. The Balaban J connectivity index is 2.33. The molecule has 1 aliphatic heterocycles. The Labute approximate surface area is 164 Å². The molecule has 1 aliphatic rings. The van der Waals surface area contributed by atoms with Crippen LogP contribution in [0.25, 0.3) is 0 Å². The summed E-state index contributed by atoms with van der Waals surface area (Å²) in [6.07, 6.45) is 3.17. The topological polar surface area (TPSA) is 82.2 Å². The molecule has 1 heterocycles. The average molecular weight is 395 g/mol. The molecule has 0 aromatic heterocycles. The molecule has 0 spiro atoms. The van der Waals surface area contributed by atoms with E-state index in [2.05, 4.69) is 37.9 Å². The molecular weight excluding hydrogens is 371 g/mol. The molecule has 26 heavy (non-hydrogen) atoms. The zero-order chi connectivity index (χ0) is 19.7. The molecule has 0 atom stereocenters. The quantitative estimate of drug-likeness (QED) is 0.590. The number of hydrogen-bond donors (Lipinski definition) is 2. The Morgan fingerprint density at radius 2 is 1.88 bits per heavy atom. The summed E-state index contributed by atoms with van der Waals surface area (Å²) in [6.45, 7) is 8.24. The fourth-order valence-corrected chi connectivity index (χ4v) is 4.13. The molecule has 0 aliphatic carbocycles. The number of carbonyl (C=O) groups is 1. The molecule has 1 aromatic rings. The average Bonchev–Trinajstić information content (AvgIpc) is 2.49. The molecule has 1 saturated heterocycles. The SMILES string of the molecule is CC1(C)CC(N)CC(C)(C)N1/C=C(/C#N)C(=O)Nc1cccc(Cl)c1Cl. The molecule has 3 N–H and O–H groups in total. The summed E-state index contributed by atoms with van der Waals surface area (Å²) < 4.78 is 0. The van der Waals surface area contributed by atoms with Gasteiger partial charge in [-0.15, -0.1) is 0 Å². The highest BCUT2D eigenvalue weighted by atomic mass is 35.5. The molecule has 0 bridgehead atoms. The van der Waals surface area contributed by atoms with Gasteiger partial charge < -0.3 is 16.0 Å². The summed E-state index contributed by atoms with van der Waals surface area (Å²) in [5.41, 5.74) is 5.99.